The predicted octanol–water partition coefficient (Wildman–Crippen LogP) is 10.1. The number of unbranched alkanes of at least 4 members (excludes halogenated alkanes) is 1. The quantitative estimate of drug-likeness (QED) is 0.0298. The number of benzene rings is 3. The molecule has 11 nitrogen and oxygen atoms in total. The normalized spacial score (nSPS) is 27.7. The molecule has 6 aromatic rings. The molecule has 3 aromatic carbocycles. The van der Waals surface area contributed by atoms with Crippen LogP contribution in [0.3, 0.4) is 0 Å². The lowest BCUT2D eigenvalue weighted by atomic mass is 9.64. The molecule has 70 heavy (non-hydrogen) atoms. The predicted molar refractivity (Wildman–Crippen MR) is 275 cm³/mol. The van der Waals surface area contributed by atoms with E-state index in [9.17, 15) is 25.5 Å². The van der Waals surface area contributed by atoms with Crippen LogP contribution in [0.1, 0.15) is 146 Å². The monoisotopic (exact) mass is 949 g/mol. The molecule has 2 fully saturated rings. The van der Waals surface area contributed by atoms with Gasteiger partial charge in [0, 0.05) is 83.8 Å². The van der Waals surface area contributed by atoms with Crippen molar-refractivity contribution in [1.82, 2.24) is 15.3 Å². The third kappa shape index (κ3) is 9.07. The summed E-state index contributed by atoms with van der Waals surface area (Å²) in [5.41, 5.74) is 15.2. The number of aromatic nitrogens is 2. The van der Waals surface area contributed by atoms with E-state index >= 15 is 0 Å². The average Bonchev–Trinajstić information content (AvgIpc) is 4.17. The molecule has 2 saturated carbocycles. The van der Waals surface area contributed by atoms with Gasteiger partial charge < -0.3 is 55.7 Å². The molecule has 0 aliphatic heterocycles. The molecule has 2 bridgehead atoms. The van der Waals surface area contributed by atoms with Crippen LogP contribution < -0.4 is 15.8 Å². The Kier molecular flexibility index (Phi) is 13.4. The van der Waals surface area contributed by atoms with E-state index in [1.165, 1.54) is 40.3 Å². The van der Waals surface area contributed by atoms with Crippen LogP contribution in [0.4, 0.5) is 0 Å². The summed E-state index contributed by atoms with van der Waals surface area (Å²) >= 11 is 0. The van der Waals surface area contributed by atoms with Crippen molar-refractivity contribution in [3.63, 3.8) is 0 Å². The molecule has 11 heteroatoms. The lowest BCUT2D eigenvalue weighted by Crippen LogP contribution is -2.42. The zero-order valence-corrected chi connectivity index (χ0v) is 40.6. The number of aliphatic hydroxyl groups is 4. The number of allylic oxidation sites excluding steroid dienone is 2. The number of phenols is 1. The maximum atomic E-state index is 11.7. The Hall–Kier alpha value is -5.14. The number of hydrogen-bond donors (Lipinski definition) is 9. The third-order valence-electron chi connectivity index (χ3n) is 17.5. The maximum Gasteiger partial charge on any atom is 0.161 e. The molecule has 1 spiro atoms. The molecular weight excluding hydrogens is 877 g/mol. The van der Waals surface area contributed by atoms with Gasteiger partial charge in [-0.3, -0.25) is 0 Å². The SMILES string of the molecule is CC(O)CNCC1c2cc(C(O)COc3cc(CCc4cc(CO)c(CCCCC5CCC(C6C=Cc7c(ccc8cc9[nH]ccc9cc78)C6O)C(N)C5)o4)ccc3O)[nH]c2C2C=CC13CCCC3C2. The van der Waals surface area contributed by atoms with E-state index < -0.39 is 18.3 Å². The molecule has 6 aliphatic rings. The van der Waals surface area contributed by atoms with Crippen molar-refractivity contribution in [1.29, 1.82) is 0 Å². The zero-order valence-electron chi connectivity index (χ0n) is 40.6. The first-order valence-electron chi connectivity index (χ1n) is 26.4. The second-order valence-electron chi connectivity index (χ2n) is 21.8. The Morgan fingerprint density at radius 2 is 1.84 bits per heavy atom. The van der Waals surface area contributed by atoms with Crippen LogP contribution in [-0.2, 0) is 25.9 Å². The van der Waals surface area contributed by atoms with Crippen molar-refractivity contribution in [2.45, 2.75) is 133 Å². The summed E-state index contributed by atoms with van der Waals surface area (Å²) in [4.78, 5) is 6.93. The van der Waals surface area contributed by atoms with Gasteiger partial charge in [-0.2, -0.15) is 0 Å². The summed E-state index contributed by atoms with van der Waals surface area (Å²) in [5, 5.41) is 61.3. The molecule has 11 atom stereocenters. The first-order valence-corrected chi connectivity index (χ1v) is 26.4. The number of aromatic amines is 2. The van der Waals surface area contributed by atoms with Gasteiger partial charge in [0.05, 0.1) is 18.8 Å². The van der Waals surface area contributed by atoms with Crippen molar-refractivity contribution in [3.8, 4) is 11.5 Å². The van der Waals surface area contributed by atoms with E-state index in [-0.39, 0.29) is 54.1 Å². The Labute approximate surface area is 411 Å². The molecule has 11 unspecified atom stereocenters. The van der Waals surface area contributed by atoms with Crippen LogP contribution in [0.5, 0.6) is 11.5 Å². The number of furan rings is 1. The average molecular weight is 949 g/mol. The largest absolute Gasteiger partial charge is 0.504 e. The minimum Gasteiger partial charge on any atom is -0.504 e. The van der Waals surface area contributed by atoms with Crippen molar-refractivity contribution in [2.75, 3.05) is 19.7 Å². The summed E-state index contributed by atoms with van der Waals surface area (Å²) in [6, 6.07) is 20.2. The van der Waals surface area contributed by atoms with Gasteiger partial charge >= 0.3 is 0 Å². The Morgan fingerprint density at radius 3 is 2.70 bits per heavy atom. The fourth-order valence-electron chi connectivity index (χ4n) is 13.8. The highest BCUT2D eigenvalue weighted by molar-refractivity contribution is 6.01. The lowest BCUT2D eigenvalue weighted by Gasteiger charge is -2.41. The molecule has 0 amide bonds. The van der Waals surface area contributed by atoms with Gasteiger partial charge in [0.1, 0.15) is 24.2 Å². The number of ether oxygens (including phenoxy) is 1. The van der Waals surface area contributed by atoms with Crippen LogP contribution in [0.2, 0.25) is 0 Å². The van der Waals surface area contributed by atoms with E-state index in [1.807, 2.05) is 31.3 Å². The Balaban J connectivity index is 0.653. The fraction of sp³-hybridized carbons (Fsp3) is 0.492. The molecule has 6 aliphatic carbocycles. The van der Waals surface area contributed by atoms with Crippen molar-refractivity contribution in [3.05, 3.63) is 136 Å². The summed E-state index contributed by atoms with van der Waals surface area (Å²) in [7, 11) is 0. The number of H-pyrrole nitrogens is 2. The smallest absolute Gasteiger partial charge is 0.161 e. The van der Waals surface area contributed by atoms with E-state index in [0.29, 0.717) is 37.0 Å². The second kappa shape index (κ2) is 19.8. The molecule has 0 saturated heterocycles. The van der Waals surface area contributed by atoms with Crippen LogP contribution in [0, 0.1) is 29.1 Å². The van der Waals surface area contributed by atoms with Gasteiger partial charge in [0.15, 0.2) is 11.5 Å². The molecular formula is C59H72N4O7. The van der Waals surface area contributed by atoms with Crippen molar-refractivity contribution in [2.24, 2.45) is 34.8 Å². The van der Waals surface area contributed by atoms with Crippen LogP contribution >= 0.6 is 0 Å². The van der Waals surface area contributed by atoms with Gasteiger partial charge in [-0.15, -0.1) is 0 Å². The minimum atomic E-state index is -0.913. The third-order valence-corrected chi connectivity index (χ3v) is 17.5. The maximum absolute atomic E-state index is 11.7. The Morgan fingerprint density at radius 1 is 0.943 bits per heavy atom. The highest BCUT2D eigenvalue weighted by Crippen LogP contribution is 2.62. The number of aryl methyl sites for hydroxylation is 3. The highest BCUT2D eigenvalue weighted by atomic mass is 16.5. The van der Waals surface area contributed by atoms with E-state index in [0.717, 1.165) is 109 Å². The number of aromatic hydroxyl groups is 1. The molecule has 3 heterocycles. The van der Waals surface area contributed by atoms with Crippen LogP contribution in [0.15, 0.2) is 89.5 Å². The van der Waals surface area contributed by atoms with Gasteiger partial charge in [-0.1, -0.05) is 68.2 Å². The Bertz CT molecular complexity index is 2870. The first-order chi connectivity index (χ1) is 34.0. The van der Waals surface area contributed by atoms with Gasteiger partial charge in [0.25, 0.3) is 0 Å². The molecule has 10 N–H and O–H groups in total. The van der Waals surface area contributed by atoms with Crippen molar-refractivity contribution >= 4 is 27.8 Å². The lowest BCUT2D eigenvalue weighted by molar-refractivity contribution is 0.0653. The number of nitrogens with two attached hydrogens (primary N) is 1. The molecule has 370 valence electrons. The summed E-state index contributed by atoms with van der Waals surface area (Å²) in [6.07, 6.45) is 22.4. The van der Waals surface area contributed by atoms with Crippen molar-refractivity contribution < 1.29 is 34.7 Å². The summed E-state index contributed by atoms with van der Waals surface area (Å²) < 4.78 is 12.5. The number of hydrogen-bond acceptors (Lipinski definition) is 9. The number of nitrogens with one attached hydrogen (secondary N) is 3. The zero-order chi connectivity index (χ0) is 48.1. The fourth-order valence-corrected chi connectivity index (χ4v) is 13.8. The number of fused-ring (bicyclic) bond motifs is 4. The van der Waals surface area contributed by atoms with E-state index in [1.54, 1.807) is 6.07 Å². The first kappa shape index (κ1) is 47.2. The van der Waals surface area contributed by atoms with Gasteiger partial charge in [0.2, 0.25) is 0 Å². The molecule has 0 radical (unpaired) electrons. The topological polar surface area (TPSA) is 193 Å². The van der Waals surface area contributed by atoms with Gasteiger partial charge in [-0.05, 0) is 151 Å². The summed E-state index contributed by atoms with van der Waals surface area (Å²) in [5.74, 6) is 4.00. The van der Waals surface area contributed by atoms with Crippen LogP contribution in [0.25, 0.3) is 27.8 Å². The van der Waals surface area contributed by atoms with Gasteiger partial charge in [-0.25, -0.2) is 0 Å². The number of phenolic OH excluding ortho intramolecular Hbond substituents is 1. The molecule has 3 aromatic heterocycles. The number of rotatable bonds is 18. The molecule has 12 rings (SSSR count). The van der Waals surface area contributed by atoms with E-state index in [2.05, 4.69) is 76.0 Å². The summed E-state index contributed by atoms with van der Waals surface area (Å²) in [6.45, 7) is 3.04. The minimum absolute atomic E-state index is 0.00874. The highest BCUT2D eigenvalue weighted by Gasteiger charge is 2.53. The van der Waals surface area contributed by atoms with Crippen LogP contribution in [-0.4, -0.2) is 67.3 Å². The second-order valence-corrected chi connectivity index (χ2v) is 21.8. The number of aliphatic hydroxyl groups excluding tert-OH is 4. The standard InChI is InChI=1S/C59H72N4O7/c1-34(65)30-61-31-49-48-29-52(63-57(48)39-18-21-59(49)20-4-6-41(59)25-39)54(67)33-69-56-24-36(10-17-53(56)66)8-12-42-26-40(32-64)55(70-42)7-3-2-5-35-9-13-44(50(60)23-35)46-16-15-43-45(58(46)68)14-11-37-28-51-38(19-22-62-51)27-47(37)43/h10-11,14-19,21-22,24,26-29,34-35,39,41,44,46,49-50,54,58,61-68H,2-9,12-13,20,23,25,30-33,60H2,1H3. The van der Waals surface area contributed by atoms with E-state index in [4.69, 9.17) is 14.9 Å².